The first kappa shape index (κ1) is 11.9. The number of Topliss-reactive ketones (excluding diaryl/α,β-unsaturated/α-hetero) is 1. The molecule has 0 aromatic carbocycles. The highest BCUT2D eigenvalue weighted by molar-refractivity contribution is 6.24. The van der Waals surface area contributed by atoms with Gasteiger partial charge in [0.25, 0.3) is 0 Å². The molecule has 18 heavy (non-hydrogen) atoms. The van der Waals surface area contributed by atoms with Crippen LogP contribution in [-0.2, 0) is 4.79 Å². The van der Waals surface area contributed by atoms with Gasteiger partial charge in [-0.1, -0.05) is 4.85 Å². The number of nitrogen functional groups attached to an aromatic ring is 1. The predicted molar refractivity (Wildman–Crippen MR) is 66.6 cm³/mol. The molecule has 0 saturated heterocycles. The summed E-state index contributed by atoms with van der Waals surface area (Å²) in [7, 11) is 0. The highest BCUT2D eigenvalue weighted by atomic mass is 16.5. The summed E-state index contributed by atoms with van der Waals surface area (Å²) >= 11 is 0. The lowest BCUT2D eigenvalue weighted by Gasteiger charge is -2.13. The largest absolute Gasteiger partial charge is 0.410 e. The maximum Gasteiger partial charge on any atom is 0.189 e. The zero-order valence-corrected chi connectivity index (χ0v) is 10.0. The lowest BCUT2D eigenvalue weighted by Crippen LogP contribution is -2.21. The van der Waals surface area contributed by atoms with Crippen molar-refractivity contribution >= 4 is 23.0 Å². The number of ketones is 1. The Morgan fingerprint density at radius 2 is 2.06 bits per heavy atom. The quantitative estimate of drug-likeness (QED) is 0.494. The summed E-state index contributed by atoms with van der Waals surface area (Å²) in [5.74, 6) is -0.0896. The monoisotopic (exact) mass is 247 g/mol. The number of carbonyl (C=O) groups is 1. The van der Waals surface area contributed by atoms with Crippen LogP contribution in [0.5, 0.6) is 0 Å². The number of nitrogens with two attached hydrogens (primary N) is 2. The van der Waals surface area contributed by atoms with E-state index in [2.05, 4.69) is 10.1 Å². The lowest BCUT2D eigenvalue weighted by atomic mass is 9.95. The van der Waals surface area contributed by atoms with Gasteiger partial charge in [0, 0.05) is 5.57 Å². The van der Waals surface area contributed by atoms with Crippen LogP contribution in [0, 0.1) is 0 Å². The van der Waals surface area contributed by atoms with Gasteiger partial charge in [-0.05, 0) is 25.5 Å². The number of aromatic nitrogens is 2. The van der Waals surface area contributed by atoms with Crippen molar-refractivity contribution in [1.82, 2.24) is 9.94 Å². The molecule has 0 spiro atoms. The Hall–Kier alpha value is -2.57. The van der Waals surface area contributed by atoms with Crippen molar-refractivity contribution in [2.45, 2.75) is 13.8 Å². The molecule has 0 fully saturated rings. The van der Waals surface area contributed by atoms with Crippen LogP contribution in [0.15, 0.2) is 34.1 Å². The smallest absolute Gasteiger partial charge is 0.189 e. The first-order valence-electron chi connectivity index (χ1n) is 5.23. The Kier molecular flexibility index (Phi) is 2.66. The predicted octanol–water partition coefficient (Wildman–Crippen LogP) is 0.537. The van der Waals surface area contributed by atoms with Crippen molar-refractivity contribution in [3.63, 3.8) is 0 Å². The van der Waals surface area contributed by atoms with Crippen LogP contribution in [0.25, 0.3) is 0 Å². The molecule has 1 aromatic rings. The van der Waals surface area contributed by atoms with Crippen molar-refractivity contribution in [1.29, 1.82) is 0 Å². The molecule has 1 aliphatic carbocycles. The zero-order chi connectivity index (χ0) is 13.4. The molecule has 0 atom stereocenters. The van der Waals surface area contributed by atoms with Gasteiger partial charge in [0.1, 0.15) is 5.69 Å². The van der Waals surface area contributed by atoms with Crippen molar-refractivity contribution in [3.8, 4) is 0 Å². The van der Waals surface area contributed by atoms with Crippen LogP contribution < -0.4 is 11.5 Å². The molecule has 0 aliphatic heterocycles. The van der Waals surface area contributed by atoms with Crippen molar-refractivity contribution in [2.75, 3.05) is 5.73 Å². The summed E-state index contributed by atoms with van der Waals surface area (Å²) in [5.41, 5.74) is 13.4. The fourth-order valence-electron chi connectivity index (χ4n) is 1.61. The summed E-state index contributed by atoms with van der Waals surface area (Å²) < 4.78 is 0. The molecular formula is C11H13N5O2. The Bertz CT molecular complexity index is 621. The summed E-state index contributed by atoms with van der Waals surface area (Å²) in [6.45, 7) is 3.33. The van der Waals surface area contributed by atoms with Crippen LogP contribution in [0.3, 0.4) is 0 Å². The number of allylic oxidation sites excluding steroid dienone is 3. The fraction of sp³-hybridized carbons (Fsp3) is 0.182. The summed E-state index contributed by atoms with van der Waals surface area (Å²) in [6.07, 6.45) is 2.89. The molecule has 2 rings (SSSR count). The highest BCUT2D eigenvalue weighted by Crippen LogP contribution is 2.23. The fourth-order valence-corrected chi connectivity index (χ4v) is 1.61. The zero-order valence-electron chi connectivity index (χ0n) is 10.0. The molecule has 7 nitrogen and oxygen atoms in total. The third-order valence-corrected chi connectivity index (χ3v) is 2.74. The molecule has 7 heteroatoms. The number of rotatable bonds is 1. The number of anilines is 1. The second-order valence-corrected chi connectivity index (χ2v) is 4.00. The molecule has 0 amide bonds. The minimum absolute atomic E-state index is 0.0101. The van der Waals surface area contributed by atoms with E-state index < -0.39 is 0 Å². The molecule has 1 aromatic heterocycles. The normalized spacial score (nSPS) is 18.4. The Morgan fingerprint density at radius 1 is 1.39 bits per heavy atom. The van der Waals surface area contributed by atoms with E-state index in [4.69, 9.17) is 11.5 Å². The minimum atomic E-state index is -0.0997. The van der Waals surface area contributed by atoms with Crippen molar-refractivity contribution < 1.29 is 10.0 Å². The van der Waals surface area contributed by atoms with Crippen LogP contribution in [0.4, 0.5) is 11.5 Å². The average Bonchev–Trinajstić information content (AvgIpc) is 2.65. The number of hydrogen-bond donors (Lipinski definition) is 3. The minimum Gasteiger partial charge on any atom is -0.410 e. The van der Waals surface area contributed by atoms with Crippen LogP contribution in [0.1, 0.15) is 13.8 Å². The van der Waals surface area contributed by atoms with Crippen LogP contribution in [0.2, 0.25) is 0 Å². The molecule has 94 valence electrons. The maximum absolute atomic E-state index is 11.7. The lowest BCUT2D eigenvalue weighted by molar-refractivity contribution is -0.112. The van der Waals surface area contributed by atoms with Gasteiger partial charge in [0.15, 0.2) is 11.6 Å². The number of hydrogen-bond acceptors (Lipinski definition) is 6. The Morgan fingerprint density at radius 3 is 2.61 bits per heavy atom. The topological polar surface area (TPSA) is 120 Å². The van der Waals surface area contributed by atoms with Crippen LogP contribution >= 0.6 is 0 Å². The van der Waals surface area contributed by atoms with E-state index in [1.54, 1.807) is 19.9 Å². The summed E-state index contributed by atoms with van der Waals surface area (Å²) in [4.78, 5) is 16.4. The van der Waals surface area contributed by atoms with Gasteiger partial charge >= 0.3 is 0 Å². The molecular weight excluding hydrogens is 234 g/mol. The molecule has 1 aliphatic rings. The third-order valence-electron chi connectivity index (χ3n) is 2.74. The molecule has 1 heterocycles. The van der Waals surface area contributed by atoms with Crippen LogP contribution in [-0.4, -0.2) is 26.6 Å². The first-order valence-corrected chi connectivity index (χ1v) is 5.23. The SMILES string of the molecule is CC1=CC(=Nc2cnn(O)c2N)C(N)=C(C)C1=O. The number of nitrogens with zero attached hydrogens (tertiary/aromatic N) is 3. The van der Waals surface area contributed by atoms with Crippen molar-refractivity contribution in [3.05, 3.63) is 29.1 Å². The van der Waals surface area contributed by atoms with E-state index in [0.29, 0.717) is 33.1 Å². The second-order valence-electron chi connectivity index (χ2n) is 4.00. The third kappa shape index (κ3) is 1.75. The van der Waals surface area contributed by atoms with E-state index in [0.717, 1.165) is 0 Å². The second kappa shape index (κ2) is 4.02. The van der Waals surface area contributed by atoms with Gasteiger partial charge in [0.05, 0.1) is 17.6 Å². The molecule has 0 saturated carbocycles. The Balaban J connectivity index is 2.52. The first-order chi connectivity index (χ1) is 8.41. The van der Waals surface area contributed by atoms with E-state index >= 15 is 0 Å². The van der Waals surface area contributed by atoms with Gasteiger partial charge in [-0.15, -0.1) is 5.10 Å². The molecule has 0 radical (unpaired) electrons. The van der Waals surface area contributed by atoms with Gasteiger partial charge in [0.2, 0.25) is 0 Å². The molecule has 0 bridgehead atoms. The van der Waals surface area contributed by atoms with Crippen molar-refractivity contribution in [2.24, 2.45) is 10.7 Å². The summed E-state index contributed by atoms with van der Waals surface area (Å²) in [5, 5.41) is 12.7. The number of aliphatic imine (C=N–C) groups is 1. The van der Waals surface area contributed by atoms with Gasteiger partial charge < -0.3 is 16.7 Å². The highest BCUT2D eigenvalue weighted by Gasteiger charge is 2.20. The van der Waals surface area contributed by atoms with Gasteiger partial charge in [-0.25, -0.2) is 4.99 Å². The molecule has 0 unspecified atom stereocenters. The standard InChI is InChI=1S/C11H13N5O2/c1-5-3-7(9(12)6(2)10(5)17)15-8-4-14-16(18)11(8)13/h3-4,18H,12-13H2,1-2H3. The average molecular weight is 247 g/mol. The van der Waals surface area contributed by atoms with Gasteiger partial charge in [-0.2, -0.15) is 0 Å². The summed E-state index contributed by atoms with van der Waals surface area (Å²) in [6, 6.07) is 0. The van der Waals surface area contributed by atoms with E-state index in [9.17, 15) is 10.0 Å². The van der Waals surface area contributed by atoms with E-state index in [1.807, 2.05) is 0 Å². The van der Waals surface area contributed by atoms with Gasteiger partial charge in [-0.3, -0.25) is 4.79 Å². The van der Waals surface area contributed by atoms with E-state index in [1.165, 1.54) is 6.20 Å². The van der Waals surface area contributed by atoms with E-state index in [-0.39, 0.29) is 11.6 Å². The Labute approximate surface area is 103 Å². The number of carbonyl (C=O) groups excluding carboxylic acids is 1. The molecule has 5 N–H and O–H groups in total. The maximum atomic E-state index is 11.7.